The van der Waals surface area contributed by atoms with E-state index in [0.717, 1.165) is 0 Å². The molecule has 0 aromatic heterocycles. The zero-order chi connectivity index (χ0) is 13.8. The van der Waals surface area contributed by atoms with Gasteiger partial charge in [0.05, 0.1) is 12.7 Å². The molecule has 1 N–H and O–H groups in total. The summed E-state index contributed by atoms with van der Waals surface area (Å²) in [6, 6.07) is 4.47. The van der Waals surface area contributed by atoms with Crippen LogP contribution >= 0.6 is 0 Å². The first-order valence-corrected chi connectivity index (χ1v) is 6.43. The number of carbonyl (C=O) groups excluding carboxylic acids is 1. The first-order valence-electron chi connectivity index (χ1n) is 6.43. The summed E-state index contributed by atoms with van der Waals surface area (Å²) in [5.41, 5.74) is 1.02. The molecule has 1 saturated heterocycles. The van der Waals surface area contributed by atoms with Gasteiger partial charge in [0.25, 0.3) is 5.91 Å². The molecule has 4 nitrogen and oxygen atoms in total. The van der Waals surface area contributed by atoms with Gasteiger partial charge >= 0.3 is 0 Å². The molecule has 0 aliphatic carbocycles. The van der Waals surface area contributed by atoms with Crippen LogP contribution in [-0.2, 0) is 4.74 Å². The molecule has 0 spiro atoms. The Kier molecular flexibility index (Phi) is 4.50. The van der Waals surface area contributed by atoms with Crippen LogP contribution in [0, 0.1) is 12.7 Å². The molecule has 2 rings (SSSR count). The van der Waals surface area contributed by atoms with Crippen LogP contribution in [0.25, 0.3) is 0 Å². The van der Waals surface area contributed by atoms with Gasteiger partial charge in [0.15, 0.2) is 0 Å². The van der Waals surface area contributed by atoms with E-state index in [0.29, 0.717) is 37.4 Å². The van der Waals surface area contributed by atoms with Gasteiger partial charge in [-0.1, -0.05) is 0 Å². The number of hydrogen-bond donors (Lipinski definition) is 1. The van der Waals surface area contributed by atoms with Crippen molar-refractivity contribution >= 4 is 5.91 Å². The lowest BCUT2D eigenvalue weighted by molar-refractivity contribution is -0.0196. The van der Waals surface area contributed by atoms with Crippen LogP contribution in [-0.4, -0.2) is 50.2 Å². The molecule has 1 amide bonds. The third kappa shape index (κ3) is 3.30. The zero-order valence-corrected chi connectivity index (χ0v) is 11.3. The van der Waals surface area contributed by atoms with Crippen molar-refractivity contribution in [2.45, 2.75) is 13.0 Å². The molecule has 1 unspecified atom stereocenters. The number of hydrogen-bond acceptors (Lipinski definition) is 3. The second-order valence-electron chi connectivity index (χ2n) is 4.77. The molecule has 5 heteroatoms. The number of nitrogens with one attached hydrogen (secondary N) is 1. The van der Waals surface area contributed by atoms with Gasteiger partial charge in [0.2, 0.25) is 0 Å². The van der Waals surface area contributed by atoms with Crippen LogP contribution in [0.3, 0.4) is 0 Å². The van der Waals surface area contributed by atoms with E-state index < -0.39 is 0 Å². The number of rotatable bonds is 3. The molecular formula is C14H19FN2O2. The molecule has 0 saturated carbocycles. The van der Waals surface area contributed by atoms with Crippen molar-refractivity contribution in [3.63, 3.8) is 0 Å². The fourth-order valence-electron chi connectivity index (χ4n) is 2.22. The van der Waals surface area contributed by atoms with Crippen LogP contribution < -0.4 is 5.32 Å². The minimum atomic E-state index is -0.286. The lowest BCUT2D eigenvalue weighted by atomic mass is 10.1. The van der Waals surface area contributed by atoms with Crippen LogP contribution in [0.4, 0.5) is 4.39 Å². The minimum Gasteiger partial charge on any atom is -0.373 e. The van der Waals surface area contributed by atoms with Crippen molar-refractivity contribution in [3.05, 3.63) is 35.1 Å². The molecule has 1 aliphatic heterocycles. The normalized spacial score (nSPS) is 19.5. The van der Waals surface area contributed by atoms with Gasteiger partial charge < -0.3 is 15.0 Å². The van der Waals surface area contributed by atoms with E-state index in [-0.39, 0.29) is 17.8 Å². The number of ether oxygens (including phenoxy) is 1. The molecular weight excluding hydrogens is 247 g/mol. The van der Waals surface area contributed by atoms with Crippen molar-refractivity contribution < 1.29 is 13.9 Å². The average molecular weight is 266 g/mol. The molecule has 1 fully saturated rings. The standard InChI is InChI=1S/C14H19FN2O2/c1-10-7-11(3-4-13(10)15)14(18)17-5-6-19-12(9-17)8-16-2/h3-4,7,12,16H,5-6,8-9H2,1-2H3. The summed E-state index contributed by atoms with van der Waals surface area (Å²) in [7, 11) is 1.85. The van der Waals surface area contributed by atoms with Crippen LogP contribution in [0.5, 0.6) is 0 Å². The largest absolute Gasteiger partial charge is 0.373 e. The maximum Gasteiger partial charge on any atom is 0.254 e. The van der Waals surface area contributed by atoms with Gasteiger partial charge in [-0.25, -0.2) is 4.39 Å². The van der Waals surface area contributed by atoms with E-state index in [2.05, 4.69) is 5.32 Å². The number of likely N-dealkylation sites (N-methyl/N-ethyl adjacent to an activating group) is 1. The molecule has 0 bridgehead atoms. The van der Waals surface area contributed by atoms with Gasteiger partial charge in [-0.05, 0) is 37.7 Å². The van der Waals surface area contributed by atoms with Gasteiger partial charge in [-0.15, -0.1) is 0 Å². The molecule has 1 atom stereocenters. The highest BCUT2D eigenvalue weighted by Gasteiger charge is 2.24. The topological polar surface area (TPSA) is 41.6 Å². The predicted octanol–water partition coefficient (Wildman–Crippen LogP) is 1.19. The summed E-state index contributed by atoms with van der Waals surface area (Å²) in [5, 5.41) is 3.04. The monoisotopic (exact) mass is 266 g/mol. The van der Waals surface area contributed by atoms with Crippen molar-refractivity contribution in [1.29, 1.82) is 0 Å². The molecule has 104 valence electrons. The Morgan fingerprint density at radius 2 is 2.37 bits per heavy atom. The van der Waals surface area contributed by atoms with Crippen LogP contribution in [0.2, 0.25) is 0 Å². The molecule has 1 aromatic carbocycles. The Balaban J connectivity index is 2.08. The highest BCUT2D eigenvalue weighted by molar-refractivity contribution is 5.94. The minimum absolute atomic E-state index is 0.0178. The van der Waals surface area contributed by atoms with Crippen molar-refractivity contribution in [3.8, 4) is 0 Å². The quantitative estimate of drug-likeness (QED) is 0.893. The maximum atomic E-state index is 13.2. The average Bonchev–Trinajstić information content (AvgIpc) is 2.42. The summed E-state index contributed by atoms with van der Waals surface area (Å²) < 4.78 is 18.8. The zero-order valence-electron chi connectivity index (χ0n) is 11.3. The summed E-state index contributed by atoms with van der Waals surface area (Å²) >= 11 is 0. The first-order chi connectivity index (χ1) is 9.11. The lowest BCUT2D eigenvalue weighted by Gasteiger charge is -2.33. The van der Waals surface area contributed by atoms with E-state index in [9.17, 15) is 9.18 Å². The number of benzene rings is 1. The maximum absolute atomic E-state index is 13.2. The highest BCUT2D eigenvalue weighted by atomic mass is 19.1. The van der Waals surface area contributed by atoms with Gasteiger partial charge in [0, 0.05) is 25.2 Å². The Morgan fingerprint density at radius 3 is 3.05 bits per heavy atom. The summed E-state index contributed by atoms with van der Waals surface area (Å²) in [5.74, 6) is -0.348. The van der Waals surface area contributed by atoms with E-state index >= 15 is 0 Å². The molecule has 19 heavy (non-hydrogen) atoms. The Morgan fingerprint density at radius 1 is 1.58 bits per heavy atom. The number of aryl methyl sites for hydroxylation is 1. The van der Waals surface area contributed by atoms with Gasteiger partial charge in [0.1, 0.15) is 5.82 Å². The Hall–Kier alpha value is -1.46. The highest BCUT2D eigenvalue weighted by Crippen LogP contribution is 2.14. The van der Waals surface area contributed by atoms with Crippen molar-refractivity contribution in [1.82, 2.24) is 10.2 Å². The van der Waals surface area contributed by atoms with E-state index in [1.807, 2.05) is 7.05 Å². The van der Waals surface area contributed by atoms with E-state index in [1.54, 1.807) is 17.9 Å². The van der Waals surface area contributed by atoms with E-state index in [1.165, 1.54) is 12.1 Å². The number of carbonyl (C=O) groups is 1. The summed E-state index contributed by atoms with van der Waals surface area (Å²) in [4.78, 5) is 14.1. The molecule has 1 heterocycles. The van der Waals surface area contributed by atoms with Gasteiger partial charge in [-0.2, -0.15) is 0 Å². The fourth-order valence-corrected chi connectivity index (χ4v) is 2.22. The molecule has 1 aromatic rings. The summed E-state index contributed by atoms with van der Waals surface area (Å²) in [6.07, 6.45) is 0.0178. The lowest BCUT2D eigenvalue weighted by Crippen LogP contribution is -2.48. The Bertz CT molecular complexity index is 463. The SMILES string of the molecule is CNCC1CN(C(=O)c2ccc(F)c(C)c2)CCO1. The van der Waals surface area contributed by atoms with Crippen molar-refractivity contribution in [2.24, 2.45) is 0 Å². The third-order valence-electron chi connectivity index (χ3n) is 3.26. The second-order valence-corrected chi connectivity index (χ2v) is 4.77. The second kappa shape index (κ2) is 6.12. The number of amides is 1. The van der Waals surface area contributed by atoms with Gasteiger partial charge in [-0.3, -0.25) is 4.79 Å². The number of nitrogens with zero attached hydrogens (tertiary/aromatic N) is 1. The number of halogens is 1. The van der Waals surface area contributed by atoms with Crippen LogP contribution in [0.1, 0.15) is 15.9 Å². The third-order valence-corrected chi connectivity index (χ3v) is 3.26. The number of morpholine rings is 1. The first kappa shape index (κ1) is 14.0. The molecule has 0 radical (unpaired) electrons. The molecule has 1 aliphatic rings. The van der Waals surface area contributed by atoms with Crippen LogP contribution in [0.15, 0.2) is 18.2 Å². The van der Waals surface area contributed by atoms with Crippen molar-refractivity contribution in [2.75, 3.05) is 33.3 Å². The predicted molar refractivity (Wildman–Crippen MR) is 70.7 cm³/mol. The summed E-state index contributed by atoms with van der Waals surface area (Å²) in [6.45, 7) is 4.06. The van der Waals surface area contributed by atoms with E-state index in [4.69, 9.17) is 4.74 Å². The Labute approximate surface area is 112 Å². The fraction of sp³-hybridized carbons (Fsp3) is 0.500. The smallest absolute Gasteiger partial charge is 0.254 e.